The summed E-state index contributed by atoms with van der Waals surface area (Å²) in [6.45, 7) is 0. The molecule has 3 N–H and O–H groups in total. The molecular formula is C15H11ClN4O. The number of pyridine rings is 2. The number of nitrogens with two attached hydrogens (primary N) is 1. The fraction of sp³-hybridized carbons (Fsp3) is 0. The van der Waals surface area contributed by atoms with Crippen LogP contribution >= 0.6 is 11.6 Å². The van der Waals surface area contributed by atoms with Crippen molar-refractivity contribution in [1.29, 1.82) is 0 Å². The first kappa shape index (κ1) is 13.3. The van der Waals surface area contributed by atoms with Crippen LogP contribution < -0.4 is 11.1 Å². The van der Waals surface area contributed by atoms with Crippen molar-refractivity contribution in [2.45, 2.75) is 0 Å². The van der Waals surface area contributed by atoms with Crippen LogP contribution in [0.2, 0.25) is 5.15 Å². The molecule has 0 aliphatic rings. The summed E-state index contributed by atoms with van der Waals surface area (Å²) < 4.78 is 0. The number of hydrogen-bond acceptors (Lipinski definition) is 4. The zero-order valence-corrected chi connectivity index (χ0v) is 11.6. The van der Waals surface area contributed by atoms with Gasteiger partial charge in [-0.15, -0.1) is 0 Å². The zero-order chi connectivity index (χ0) is 14.8. The Morgan fingerprint density at radius 2 is 2.05 bits per heavy atom. The van der Waals surface area contributed by atoms with Crippen LogP contribution in [0.3, 0.4) is 0 Å². The van der Waals surface area contributed by atoms with Gasteiger partial charge < -0.3 is 11.1 Å². The molecule has 0 radical (unpaired) electrons. The van der Waals surface area contributed by atoms with Gasteiger partial charge >= 0.3 is 0 Å². The molecule has 0 fully saturated rings. The summed E-state index contributed by atoms with van der Waals surface area (Å²) in [6.07, 6.45) is 3.12. The molecule has 5 nitrogen and oxygen atoms in total. The number of benzene rings is 1. The lowest BCUT2D eigenvalue weighted by molar-refractivity contribution is 0.102. The smallest absolute Gasteiger partial charge is 0.258 e. The number of aromatic nitrogens is 2. The first-order valence-corrected chi connectivity index (χ1v) is 6.58. The number of fused-ring (bicyclic) bond motifs is 1. The maximum atomic E-state index is 12.2. The van der Waals surface area contributed by atoms with E-state index in [1.165, 1.54) is 12.3 Å². The number of hydrogen-bond donors (Lipinski definition) is 2. The summed E-state index contributed by atoms with van der Waals surface area (Å²) >= 11 is 5.91. The molecular weight excluding hydrogens is 288 g/mol. The Bertz CT molecular complexity index is 835. The van der Waals surface area contributed by atoms with E-state index in [1.807, 2.05) is 24.3 Å². The van der Waals surface area contributed by atoms with Gasteiger partial charge in [0.25, 0.3) is 5.91 Å². The molecule has 3 rings (SSSR count). The van der Waals surface area contributed by atoms with Crippen LogP contribution in [-0.4, -0.2) is 15.9 Å². The summed E-state index contributed by atoms with van der Waals surface area (Å²) in [7, 11) is 0. The van der Waals surface area contributed by atoms with E-state index in [4.69, 9.17) is 17.3 Å². The molecule has 3 aromatic rings. The molecule has 1 aromatic carbocycles. The number of nitrogens with one attached hydrogen (secondary N) is 1. The number of carbonyl (C=O) groups is 1. The minimum atomic E-state index is -0.358. The standard InChI is InChI=1S/C15H11ClN4O/c16-14-12(7-10(17)8-19-14)15(21)20-11-3-4-13-9(6-11)2-1-5-18-13/h1-8H,17H2,(H,20,21). The van der Waals surface area contributed by atoms with E-state index in [-0.39, 0.29) is 16.6 Å². The summed E-state index contributed by atoms with van der Waals surface area (Å²) in [4.78, 5) is 20.3. The highest BCUT2D eigenvalue weighted by molar-refractivity contribution is 6.33. The van der Waals surface area contributed by atoms with Crippen LogP contribution in [0.15, 0.2) is 48.8 Å². The summed E-state index contributed by atoms with van der Waals surface area (Å²) in [5, 5.41) is 3.82. The van der Waals surface area contributed by atoms with Gasteiger partial charge in [0.2, 0.25) is 0 Å². The molecule has 0 saturated heterocycles. The SMILES string of the molecule is Nc1cnc(Cl)c(C(=O)Nc2ccc3ncccc3c2)c1. The van der Waals surface area contributed by atoms with Crippen LogP contribution in [0.25, 0.3) is 10.9 Å². The highest BCUT2D eigenvalue weighted by atomic mass is 35.5. The molecule has 0 saturated carbocycles. The van der Waals surface area contributed by atoms with Gasteiger partial charge in [-0.3, -0.25) is 9.78 Å². The van der Waals surface area contributed by atoms with E-state index in [1.54, 1.807) is 12.3 Å². The Kier molecular flexibility index (Phi) is 3.41. The lowest BCUT2D eigenvalue weighted by Crippen LogP contribution is -2.13. The molecule has 0 atom stereocenters. The van der Waals surface area contributed by atoms with Gasteiger partial charge in [0.1, 0.15) is 5.15 Å². The number of nitrogens with zero attached hydrogens (tertiary/aromatic N) is 2. The van der Waals surface area contributed by atoms with Crippen LogP contribution in [-0.2, 0) is 0 Å². The number of rotatable bonds is 2. The third-order valence-corrected chi connectivity index (χ3v) is 3.27. The molecule has 0 aliphatic heterocycles. The van der Waals surface area contributed by atoms with Crippen molar-refractivity contribution in [3.05, 3.63) is 59.5 Å². The molecule has 0 unspecified atom stereocenters. The maximum absolute atomic E-state index is 12.2. The van der Waals surface area contributed by atoms with Crippen molar-refractivity contribution in [3.8, 4) is 0 Å². The van der Waals surface area contributed by atoms with E-state index in [0.29, 0.717) is 11.4 Å². The quantitative estimate of drug-likeness (QED) is 0.712. The van der Waals surface area contributed by atoms with Crippen LogP contribution in [0.5, 0.6) is 0 Å². The van der Waals surface area contributed by atoms with Gasteiger partial charge in [0.05, 0.1) is 23.0 Å². The zero-order valence-electron chi connectivity index (χ0n) is 10.9. The predicted octanol–water partition coefficient (Wildman–Crippen LogP) is 3.12. The molecule has 2 aromatic heterocycles. The minimum Gasteiger partial charge on any atom is -0.397 e. The number of halogens is 1. The number of anilines is 2. The van der Waals surface area contributed by atoms with Gasteiger partial charge in [0.15, 0.2) is 0 Å². The van der Waals surface area contributed by atoms with Gasteiger partial charge in [-0.05, 0) is 30.3 Å². The lowest BCUT2D eigenvalue weighted by atomic mass is 10.2. The van der Waals surface area contributed by atoms with E-state index in [0.717, 1.165) is 10.9 Å². The molecule has 0 spiro atoms. The van der Waals surface area contributed by atoms with Gasteiger partial charge in [-0.25, -0.2) is 4.98 Å². The Morgan fingerprint density at radius 1 is 1.19 bits per heavy atom. The Balaban J connectivity index is 1.90. The van der Waals surface area contributed by atoms with Crippen molar-refractivity contribution in [2.75, 3.05) is 11.1 Å². The first-order valence-electron chi connectivity index (χ1n) is 6.20. The topological polar surface area (TPSA) is 80.9 Å². The van der Waals surface area contributed by atoms with E-state index in [9.17, 15) is 4.79 Å². The molecule has 6 heteroatoms. The van der Waals surface area contributed by atoms with Gasteiger partial charge in [-0.2, -0.15) is 0 Å². The lowest BCUT2D eigenvalue weighted by Gasteiger charge is -2.08. The Hall–Kier alpha value is -2.66. The molecule has 104 valence electrons. The monoisotopic (exact) mass is 298 g/mol. The third-order valence-electron chi connectivity index (χ3n) is 2.97. The number of carbonyl (C=O) groups excluding carboxylic acids is 1. The second-order valence-electron chi connectivity index (χ2n) is 4.47. The summed E-state index contributed by atoms with van der Waals surface area (Å²) in [5.41, 5.74) is 7.76. The maximum Gasteiger partial charge on any atom is 0.258 e. The van der Waals surface area contributed by atoms with Crippen molar-refractivity contribution >= 4 is 39.8 Å². The average Bonchev–Trinajstić information content (AvgIpc) is 2.49. The number of nitrogen functional groups attached to an aromatic ring is 1. The highest BCUT2D eigenvalue weighted by Crippen LogP contribution is 2.20. The molecule has 0 aliphatic carbocycles. The Morgan fingerprint density at radius 3 is 2.90 bits per heavy atom. The van der Waals surface area contributed by atoms with Crippen molar-refractivity contribution in [2.24, 2.45) is 0 Å². The predicted molar refractivity (Wildman–Crippen MR) is 83.4 cm³/mol. The Labute approximate surface area is 125 Å². The normalized spacial score (nSPS) is 10.5. The summed E-state index contributed by atoms with van der Waals surface area (Å²) in [5.74, 6) is -0.358. The molecule has 2 heterocycles. The molecule has 0 bridgehead atoms. The average molecular weight is 299 g/mol. The van der Waals surface area contributed by atoms with Crippen molar-refractivity contribution in [3.63, 3.8) is 0 Å². The first-order chi connectivity index (χ1) is 10.1. The van der Waals surface area contributed by atoms with E-state index >= 15 is 0 Å². The van der Waals surface area contributed by atoms with E-state index in [2.05, 4.69) is 15.3 Å². The number of amides is 1. The highest BCUT2D eigenvalue weighted by Gasteiger charge is 2.12. The molecule has 21 heavy (non-hydrogen) atoms. The van der Waals surface area contributed by atoms with Crippen LogP contribution in [0, 0.1) is 0 Å². The summed E-state index contributed by atoms with van der Waals surface area (Å²) in [6, 6.07) is 10.7. The third kappa shape index (κ3) is 2.78. The van der Waals surface area contributed by atoms with Crippen molar-refractivity contribution in [1.82, 2.24) is 9.97 Å². The fourth-order valence-corrected chi connectivity index (χ4v) is 2.16. The molecule has 1 amide bonds. The van der Waals surface area contributed by atoms with Gasteiger partial charge in [0, 0.05) is 17.3 Å². The van der Waals surface area contributed by atoms with Crippen LogP contribution in [0.4, 0.5) is 11.4 Å². The second-order valence-corrected chi connectivity index (χ2v) is 4.83. The van der Waals surface area contributed by atoms with Gasteiger partial charge in [-0.1, -0.05) is 17.7 Å². The minimum absolute atomic E-state index is 0.115. The van der Waals surface area contributed by atoms with Crippen molar-refractivity contribution < 1.29 is 4.79 Å². The van der Waals surface area contributed by atoms with E-state index < -0.39 is 0 Å². The fourth-order valence-electron chi connectivity index (χ4n) is 1.98. The van der Waals surface area contributed by atoms with Crippen LogP contribution in [0.1, 0.15) is 10.4 Å². The largest absolute Gasteiger partial charge is 0.397 e. The second kappa shape index (κ2) is 5.38.